The molecule has 1 fully saturated rings. The highest BCUT2D eigenvalue weighted by Crippen LogP contribution is 2.35. The molecule has 3 aliphatic rings. The second kappa shape index (κ2) is 3.76. The highest BCUT2D eigenvalue weighted by Gasteiger charge is 2.35. The van der Waals surface area contributed by atoms with Crippen molar-refractivity contribution in [3.8, 4) is 0 Å². The molecule has 2 heterocycles. The molecular weight excluding hydrogens is 184 g/mol. The van der Waals surface area contributed by atoms with Gasteiger partial charge in [0.1, 0.15) is 0 Å². The molecule has 4 atom stereocenters. The lowest BCUT2D eigenvalue weighted by atomic mass is 9.85. The van der Waals surface area contributed by atoms with Crippen LogP contribution in [-0.4, -0.2) is 24.5 Å². The monoisotopic (exact) mass is 200 g/mol. The average molecular weight is 200 g/mol. The Morgan fingerprint density at radius 3 is 1.87 bits per heavy atom. The van der Waals surface area contributed by atoms with Crippen molar-refractivity contribution in [3.05, 3.63) is 24.3 Å². The molecule has 0 radical (unpaired) electrons. The summed E-state index contributed by atoms with van der Waals surface area (Å²) >= 11 is 0. The van der Waals surface area contributed by atoms with Gasteiger partial charge in [0.05, 0.1) is 12.1 Å². The summed E-state index contributed by atoms with van der Waals surface area (Å²) in [4.78, 5) is 9.27. The summed E-state index contributed by atoms with van der Waals surface area (Å²) in [7, 11) is 0. The van der Waals surface area contributed by atoms with Gasteiger partial charge in [0, 0.05) is 24.3 Å². The number of allylic oxidation sites excluding steroid dienone is 2. The van der Waals surface area contributed by atoms with E-state index in [1.807, 2.05) is 12.4 Å². The maximum Gasteiger partial charge on any atom is 0.0791 e. The predicted octanol–water partition coefficient (Wildman–Crippen LogP) is 2.42. The van der Waals surface area contributed by atoms with Crippen molar-refractivity contribution >= 4 is 12.4 Å². The van der Waals surface area contributed by atoms with Crippen molar-refractivity contribution in [1.29, 1.82) is 0 Å². The van der Waals surface area contributed by atoms with Crippen molar-refractivity contribution in [2.24, 2.45) is 21.8 Å². The first-order valence-corrected chi connectivity index (χ1v) is 5.85. The predicted molar refractivity (Wildman–Crippen MR) is 63.7 cm³/mol. The number of dihydropyridines is 2. The second-order valence-electron chi connectivity index (χ2n) is 4.61. The lowest BCUT2D eigenvalue weighted by Crippen LogP contribution is -2.35. The molecule has 15 heavy (non-hydrogen) atoms. The maximum absolute atomic E-state index is 4.64. The van der Waals surface area contributed by atoms with Crippen LogP contribution in [0.25, 0.3) is 0 Å². The van der Waals surface area contributed by atoms with Gasteiger partial charge in [-0.2, -0.15) is 0 Å². The van der Waals surface area contributed by atoms with E-state index in [2.05, 4.69) is 34.3 Å². The molecule has 0 bridgehead atoms. The molecule has 1 aliphatic carbocycles. The molecular formula is C13H16N2. The molecule has 0 aromatic heterocycles. The Kier molecular flexibility index (Phi) is 2.28. The molecule has 0 saturated heterocycles. The van der Waals surface area contributed by atoms with Gasteiger partial charge in [-0.25, -0.2) is 0 Å². The Balaban J connectivity index is 1.92. The van der Waals surface area contributed by atoms with Crippen molar-refractivity contribution in [3.63, 3.8) is 0 Å². The summed E-state index contributed by atoms with van der Waals surface area (Å²) in [6.07, 6.45) is 16.5. The fourth-order valence-corrected chi connectivity index (χ4v) is 2.94. The third kappa shape index (κ3) is 1.58. The summed E-state index contributed by atoms with van der Waals surface area (Å²) in [6.45, 7) is 0. The van der Waals surface area contributed by atoms with Crippen molar-refractivity contribution in [1.82, 2.24) is 0 Å². The minimum absolute atomic E-state index is 0.392. The molecule has 78 valence electrons. The first kappa shape index (κ1) is 9.08. The van der Waals surface area contributed by atoms with Gasteiger partial charge in [0.15, 0.2) is 0 Å². The standard InChI is InChI=1S/C13H16N2/c1-4-10-6-2-8-14-12(10)13-11(5-1)7-3-9-15-13/h2-3,6-13H,1,4-5H2. The molecule has 2 heteroatoms. The van der Waals surface area contributed by atoms with Crippen LogP contribution < -0.4 is 0 Å². The Labute approximate surface area is 90.5 Å². The molecule has 0 spiro atoms. The first-order chi connectivity index (χ1) is 7.45. The Hall–Kier alpha value is -1.18. The molecule has 0 aromatic carbocycles. The lowest BCUT2D eigenvalue weighted by Gasteiger charge is -2.30. The van der Waals surface area contributed by atoms with Crippen LogP contribution in [0.15, 0.2) is 34.3 Å². The van der Waals surface area contributed by atoms with E-state index in [9.17, 15) is 0 Å². The zero-order valence-corrected chi connectivity index (χ0v) is 8.79. The normalized spacial score (nSPS) is 42.1. The largest absolute Gasteiger partial charge is 0.287 e. The van der Waals surface area contributed by atoms with E-state index < -0.39 is 0 Å². The van der Waals surface area contributed by atoms with Crippen LogP contribution in [0.2, 0.25) is 0 Å². The van der Waals surface area contributed by atoms with E-state index in [0.29, 0.717) is 23.9 Å². The van der Waals surface area contributed by atoms with Gasteiger partial charge in [-0.3, -0.25) is 9.98 Å². The SMILES string of the molecule is C1=CC2CCCC3C=CC=NC3C2N=C1. The molecule has 2 nitrogen and oxygen atoms in total. The van der Waals surface area contributed by atoms with E-state index >= 15 is 0 Å². The van der Waals surface area contributed by atoms with Crippen LogP contribution >= 0.6 is 0 Å². The number of aliphatic imine (C=N–C) groups is 2. The lowest BCUT2D eigenvalue weighted by molar-refractivity contribution is 0.390. The smallest absolute Gasteiger partial charge is 0.0791 e. The van der Waals surface area contributed by atoms with Crippen LogP contribution in [0.4, 0.5) is 0 Å². The van der Waals surface area contributed by atoms with Gasteiger partial charge < -0.3 is 0 Å². The molecule has 2 aliphatic heterocycles. The Morgan fingerprint density at radius 1 is 0.800 bits per heavy atom. The zero-order chi connectivity index (χ0) is 10.1. The van der Waals surface area contributed by atoms with Gasteiger partial charge in [0.2, 0.25) is 0 Å². The maximum atomic E-state index is 4.64. The van der Waals surface area contributed by atoms with Gasteiger partial charge >= 0.3 is 0 Å². The van der Waals surface area contributed by atoms with Gasteiger partial charge in [-0.1, -0.05) is 18.6 Å². The van der Waals surface area contributed by atoms with Crippen molar-refractivity contribution in [2.75, 3.05) is 0 Å². The van der Waals surface area contributed by atoms with Gasteiger partial charge in [-0.05, 0) is 25.0 Å². The summed E-state index contributed by atoms with van der Waals surface area (Å²) in [5, 5.41) is 0. The molecule has 4 unspecified atom stereocenters. The minimum atomic E-state index is 0.392. The summed E-state index contributed by atoms with van der Waals surface area (Å²) in [5.41, 5.74) is 0. The number of rotatable bonds is 0. The van der Waals surface area contributed by atoms with Crippen LogP contribution in [0.1, 0.15) is 19.3 Å². The van der Waals surface area contributed by atoms with Crippen LogP contribution in [-0.2, 0) is 0 Å². The van der Waals surface area contributed by atoms with E-state index in [-0.39, 0.29) is 0 Å². The summed E-state index contributed by atoms with van der Waals surface area (Å²) in [6, 6.07) is 0.785. The quantitative estimate of drug-likeness (QED) is 0.573. The second-order valence-corrected chi connectivity index (χ2v) is 4.61. The summed E-state index contributed by atoms with van der Waals surface area (Å²) in [5.74, 6) is 1.24. The Bertz CT molecular complexity index is 318. The van der Waals surface area contributed by atoms with E-state index in [1.54, 1.807) is 0 Å². The molecule has 0 amide bonds. The van der Waals surface area contributed by atoms with E-state index in [4.69, 9.17) is 0 Å². The number of fused-ring (bicyclic) bond motifs is 3. The zero-order valence-electron chi connectivity index (χ0n) is 8.79. The number of hydrogen-bond donors (Lipinski definition) is 0. The van der Waals surface area contributed by atoms with Crippen LogP contribution in [0, 0.1) is 11.8 Å². The van der Waals surface area contributed by atoms with E-state index in [1.165, 1.54) is 19.3 Å². The van der Waals surface area contributed by atoms with Crippen LogP contribution in [0.3, 0.4) is 0 Å². The van der Waals surface area contributed by atoms with Gasteiger partial charge in [0.25, 0.3) is 0 Å². The fraction of sp³-hybridized carbons (Fsp3) is 0.538. The highest BCUT2D eigenvalue weighted by molar-refractivity contribution is 5.74. The topological polar surface area (TPSA) is 24.7 Å². The highest BCUT2D eigenvalue weighted by atomic mass is 14.9. The third-order valence-corrected chi connectivity index (χ3v) is 3.71. The molecule has 1 saturated carbocycles. The van der Waals surface area contributed by atoms with Crippen molar-refractivity contribution in [2.45, 2.75) is 31.3 Å². The van der Waals surface area contributed by atoms with E-state index in [0.717, 1.165) is 0 Å². The minimum Gasteiger partial charge on any atom is -0.287 e. The fourth-order valence-electron chi connectivity index (χ4n) is 2.94. The number of hydrogen-bond acceptors (Lipinski definition) is 2. The number of nitrogens with zero attached hydrogens (tertiary/aromatic N) is 2. The van der Waals surface area contributed by atoms with Crippen molar-refractivity contribution < 1.29 is 0 Å². The first-order valence-electron chi connectivity index (χ1n) is 5.85. The summed E-state index contributed by atoms with van der Waals surface area (Å²) < 4.78 is 0. The van der Waals surface area contributed by atoms with Crippen LogP contribution in [0.5, 0.6) is 0 Å². The molecule has 0 aromatic rings. The Morgan fingerprint density at radius 2 is 1.33 bits per heavy atom. The third-order valence-electron chi connectivity index (χ3n) is 3.71. The van der Waals surface area contributed by atoms with Gasteiger partial charge in [-0.15, -0.1) is 0 Å². The molecule has 3 rings (SSSR count). The average Bonchev–Trinajstić information content (AvgIpc) is 2.48. The molecule has 0 N–H and O–H groups in total.